The zero-order valence-corrected chi connectivity index (χ0v) is 13.0. The van der Waals surface area contributed by atoms with Gasteiger partial charge in [-0.3, -0.25) is 0 Å². The monoisotopic (exact) mass is 272 g/mol. The molecule has 0 radical (unpaired) electrons. The Morgan fingerprint density at radius 1 is 1.05 bits per heavy atom. The molecule has 0 aliphatic heterocycles. The van der Waals surface area contributed by atoms with Gasteiger partial charge in [0.2, 0.25) is 0 Å². The first-order valence-electron chi connectivity index (χ1n) is 7.69. The first-order valence-corrected chi connectivity index (χ1v) is 7.69. The number of ether oxygens (including phenoxy) is 2. The Balaban J connectivity index is 2.39. The molecule has 1 saturated carbocycles. The third kappa shape index (κ3) is 6.70. The van der Waals surface area contributed by atoms with Gasteiger partial charge in [0.05, 0.1) is 6.61 Å². The summed E-state index contributed by atoms with van der Waals surface area (Å²) >= 11 is 0. The number of nitrogens with one attached hydrogen (secondary N) is 1. The Morgan fingerprint density at radius 3 is 2.47 bits per heavy atom. The molecule has 1 fully saturated rings. The Kier molecular flexibility index (Phi) is 9.43. The second-order valence-corrected chi connectivity index (χ2v) is 5.58. The van der Waals surface area contributed by atoms with Crippen molar-refractivity contribution in [3.8, 4) is 0 Å². The molecule has 4 nitrogen and oxygen atoms in total. The molecule has 114 valence electrons. The molecule has 0 spiro atoms. The minimum absolute atomic E-state index is 0.696. The van der Waals surface area contributed by atoms with Crippen molar-refractivity contribution < 1.29 is 9.47 Å². The summed E-state index contributed by atoms with van der Waals surface area (Å²) in [4.78, 5) is 2.54. The fourth-order valence-corrected chi connectivity index (χ4v) is 3.09. The van der Waals surface area contributed by atoms with Gasteiger partial charge >= 0.3 is 0 Å². The molecule has 19 heavy (non-hydrogen) atoms. The number of hydrogen-bond donors (Lipinski definition) is 1. The maximum Gasteiger partial charge on any atom is 0.0589 e. The molecular formula is C15H32N2O2. The van der Waals surface area contributed by atoms with E-state index in [1.165, 1.54) is 32.2 Å². The Labute approximate surface area is 118 Å². The van der Waals surface area contributed by atoms with E-state index < -0.39 is 0 Å². The molecule has 0 bridgehead atoms. The van der Waals surface area contributed by atoms with Gasteiger partial charge in [-0.25, -0.2) is 0 Å². The highest BCUT2D eigenvalue weighted by atomic mass is 16.5. The Morgan fingerprint density at radius 2 is 1.79 bits per heavy atom. The van der Waals surface area contributed by atoms with Crippen molar-refractivity contribution in [3.63, 3.8) is 0 Å². The summed E-state index contributed by atoms with van der Waals surface area (Å²) in [6.07, 6.45) is 6.57. The van der Waals surface area contributed by atoms with E-state index >= 15 is 0 Å². The van der Waals surface area contributed by atoms with Gasteiger partial charge in [0.1, 0.15) is 0 Å². The van der Waals surface area contributed by atoms with Gasteiger partial charge in [-0.15, -0.1) is 0 Å². The SMILES string of the molecule is CNC1CCCCC1CN(CCCOC)CCOC. The Bertz CT molecular complexity index is 214. The molecule has 0 aromatic rings. The quantitative estimate of drug-likeness (QED) is 0.614. The van der Waals surface area contributed by atoms with Crippen LogP contribution in [0.2, 0.25) is 0 Å². The number of methoxy groups -OCH3 is 2. The molecule has 1 aliphatic rings. The molecule has 1 aliphatic carbocycles. The highest BCUT2D eigenvalue weighted by Crippen LogP contribution is 2.25. The van der Waals surface area contributed by atoms with Crippen molar-refractivity contribution >= 4 is 0 Å². The summed E-state index contributed by atoms with van der Waals surface area (Å²) in [5, 5.41) is 3.50. The second kappa shape index (κ2) is 10.6. The van der Waals surface area contributed by atoms with Gasteiger partial charge in [0, 0.05) is 46.5 Å². The summed E-state index contributed by atoms with van der Waals surface area (Å²) in [5.41, 5.74) is 0. The van der Waals surface area contributed by atoms with Gasteiger partial charge in [-0.05, 0) is 32.2 Å². The highest BCUT2D eigenvalue weighted by Gasteiger charge is 2.25. The molecule has 1 rings (SSSR count). The molecule has 4 heteroatoms. The van der Waals surface area contributed by atoms with Crippen LogP contribution in [0, 0.1) is 5.92 Å². The van der Waals surface area contributed by atoms with E-state index in [4.69, 9.17) is 9.47 Å². The van der Waals surface area contributed by atoms with Crippen LogP contribution < -0.4 is 5.32 Å². The molecular weight excluding hydrogens is 240 g/mol. The average Bonchev–Trinajstić information content (AvgIpc) is 2.45. The summed E-state index contributed by atoms with van der Waals surface area (Å²) in [6, 6.07) is 0.696. The molecule has 2 atom stereocenters. The predicted molar refractivity (Wildman–Crippen MR) is 79.6 cm³/mol. The van der Waals surface area contributed by atoms with Gasteiger partial charge in [0.15, 0.2) is 0 Å². The normalized spacial score (nSPS) is 24.0. The summed E-state index contributed by atoms with van der Waals surface area (Å²) < 4.78 is 10.4. The number of hydrogen-bond acceptors (Lipinski definition) is 4. The summed E-state index contributed by atoms with van der Waals surface area (Å²) in [7, 11) is 5.66. The van der Waals surface area contributed by atoms with E-state index in [2.05, 4.69) is 17.3 Å². The van der Waals surface area contributed by atoms with E-state index in [0.717, 1.165) is 38.6 Å². The minimum Gasteiger partial charge on any atom is -0.385 e. The van der Waals surface area contributed by atoms with Crippen molar-refractivity contribution in [2.24, 2.45) is 5.92 Å². The highest BCUT2D eigenvalue weighted by molar-refractivity contribution is 4.82. The predicted octanol–water partition coefficient (Wildman–Crippen LogP) is 1.75. The number of rotatable bonds is 10. The van der Waals surface area contributed by atoms with Crippen molar-refractivity contribution in [1.82, 2.24) is 10.2 Å². The van der Waals surface area contributed by atoms with Crippen LogP contribution in [0.5, 0.6) is 0 Å². The molecule has 0 saturated heterocycles. The lowest BCUT2D eigenvalue weighted by Gasteiger charge is -2.35. The third-order valence-corrected chi connectivity index (χ3v) is 4.21. The lowest BCUT2D eigenvalue weighted by molar-refractivity contribution is 0.108. The number of nitrogens with zero attached hydrogens (tertiary/aromatic N) is 1. The van der Waals surface area contributed by atoms with E-state index in [1.54, 1.807) is 14.2 Å². The maximum absolute atomic E-state index is 5.23. The van der Waals surface area contributed by atoms with Crippen LogP contribution in [0.3, 0.4) is 0 Å². The zero-order valence-electron chi connectivity index (χ0n) is 13.0. The van der Waals surface area contributed by atoms with E-state index in [1.807, 2.05) is 0 Å². The maximum atomic E-state index is 5.23. The average molecular weight is 272 g/mol. The molecule has 0 aromatic heterocycles. The minimum atomic E-state index is 0.696. The lowest BCUT2D eigenvalue weighted by Crippen LogP contribution is -2.44. The fourth-order valence-electron chi connectivity index (χ4n) is 3.09. The van der Waals surface area contributed by atoms with Crippen molar-refractivity contribution in [3.05, 3.63) is 0 Å². The summed E-state index contributed by atoms with van der Waals surface area (Å²) in [6.45, 7) is 5.02. The van der Waals surface area contributed by atoms with Crippen LogP contribution in [0.15, 0.2) is 0 Å². The molecule has 1 N–H and O–H groups in total. The van der Waals surface area contributed by atoms with Crippen LogP contribution in [-0.4, -0.2) is 65.1 Å². The smallest absolute Gasteiger partial charge is 0.0589 e. The molecule has 0 heterocycles. The molecule has 2 unspecified atom stereocenters. The topological polar surface area (TPSA) is 33.7 Å². The van der Waals surface area contributed by atoms with E-state index in [-0.39, 0.29) is 0 Å². The standard InChI is InChI=1S/C15H32N2O2/c1-16-15-8-5-4-7-14(15)13-17(10-12-19-3)9-6-11-18-2/h14-16H,4-13H2,1-3H3. The molecule has 0 aromatic carbocycles. The zero-order chi connectivity index (χ0) is 13.9. The largest absolute Gasteiger partial charge is 0.385 e. The first kappa shape index (κ1) is 16.9. The van der Waals surface area contributed by atoms with Crippen LogP contribution in [0.4, 0.5) is 0 Å². The summed E-state index contributed by atoms with van der Waals surface area (Å²) in [5.74, 6) is 0.790. The van der Waals surface area contributed by atoms with Crippen LogP contribution in [-0.2, 0) is 9.47 Å². The third-order valence-electron chi connectivity index (χ3n) is 4.21. The van der Waals surface area contributed by atoms with Gasteiger partial charge < -0.3 is 19.7 Å². The molecule has 0 amide bonds. The van der Waals surface area contributed by atoms with Crippen LogP contribution >= 0.6 is 0 Å². The Hall–Kier alpha value is -0.160. The van der Waals surface area contributed by atoms with Crippen molar-refractivity contribution in [1.29, 1.82) is 0 Å². The lowest BCUT2D eigenvalue weighted by atomic mass is 9.84. The van der Waals surface area contributed by atoms with Crippen molar-refractivity contribution in [2.75, 3.05) is 54.1 Å². The van der Waals surface area contributed by atoms with Crippen LogP contribution in [0.25, 0.3) is 0 Å². The first-order chi connectivity index (χ1) is 9.31. The van der Waals surface area contributed by atoms with E-state index in [0.29, 0.717) is 6.04 Å². The fraction of sp³-hybridized carbons (Fsp3) is 1.00. The van der Waals surface area contributed by atoms with Crippen LogP contribution in [0.1, 0.15) is 32.1 Å². The van der Waals surface area contributed by atoms with Crippen molar-refractivity contribution in [2.45, 2.75) is 38.1 Å². The van der Waals surface area contributed by atoms with Gasteiger partial charge in [-0.2, -0.15) is 0 Å². The van der Waals surface area contributed by atoms with E-state index in [9.17, 15) is 0 Å². The second-order valence-electron chi connectivity index (χ2n) is 5.58. The van der Waals surface area contributed by atoms with Gasteiger partial charge in [0.25, 0.3) is 0 Å². The van der Waals surface area contributed by atoms with Gasteiger partial charge in [-0.1, -0.05) is 12.8 Å².